The molecular weight excluding hydrogens is 412 g/mol. The number of nitrogens with zero attached hydrogens (tertiary/aromatic N) is 3. The zero-order valence-electron chi connectivity index (χ0n) is 17.5. The van der Waals surface area contributed by atoms with E-state index >= 15 is 0 Å². The van der Waals surface area contributed by atoms with Crippen LogP contribution in [0.25, 0.3) is 16.2 Å². The number of nitrogens with one attached hydrogen (secondary N) is 1. The van der Waals surface area contributed by atoms with E-state index in [4.69, 9.17) is 9.47 Å². The van der Waals surface area contributed by atoms with E-state index in [1.807, 2.05) is 41.8 Å². The molecule has 8 heteroatoms. The number of anilines is 1. The molecule has 0 aliphatic carbocycles. The molecule has 31 heavy (non-hydrogen) atoms. The standard InChI is InChI=1S/C23H24N4O3S/c1-3-16-10-12-17(13-11-16)30-14-6-9-21(28)24-22-25-23-27(26-22)19(15-31-23)18-7-4-5-8-20(18)29-2/h4-5,7-8,10-13,15H,3,6,9,14H2,1-2H3,(H,24,26,28). The van der Waals surface area contributed by atoms with E-state index in [0.717, 1.165) is 29.2 Å². The van der Waals surface area contributed by atoms with Crippen LogP contribution in [0.5, 0.6) is 11.5 Å². The number of aryl methyl sites for hydroxylation is 1. The Labute approximate surface area is 184 Å². The van der Waals surface area contributed by atoms with Gasteiger partial charge in [0, 0.05) is 17.4 Å². The minimum atomic E-state index is -0.137. The van der Waals surface area contributed by atoms with Gasteiger partial charge in [0.05, 0.1) is 19.4 Å². The molecule has 4 aromatic rings. The molecule has 4 rings (SSSR count). The number of amides is 1. The van der Waals surface area contributed by atoms with E-state index in [0.29, 0.717) is 30.4 Å². The molecule has 2 aromatic carbocycles. The van der Waals surface area contributed by atoms with E-state index in [1.165, 1.54) is 16.9 Å². The lowest BCUT2D eigenvalue weighted by molar-refractivity contribution is -0.116. The van der Waals surface area contributed by atoms with E-state index in [9.17, 15) is 4.79 Å². The van der Waals surface area contributed by atoms with E-state index < -0.39 is 0 Å². The van der Waals surface area contributed by atoms with Crippen molar-refractivity contribution in [1.29, 1.82) is 0 Å². The highest BCUT2D eigenvalue weighted by atomic mass is 32.1. The lowest BCUT2D eigenvalue weighted by Gasteiger charge is -2.07. The van der Waals surface area contributed by atoms with Crippen LogP contribution in [0, 0.1) is 0 Å². The minimum Gasteiger partial charge on any atom is -0.496 e. The number of ether oxygens (including phenoxy) is 2. The van der Waals surface area contributed by atoms with Gasteiger partial charge in [-0.3, -0.25) is 10.1 Å². The lowest BCUT2D eigenvalue weighted by Crippen LogP contribution is -2.14. The summed E-state index contributed by atoms with van der Waals surface area (Å²) in [5, 5.41) is 9.21. The van der Waals surface area contributed by atoms with Crippen LogP contribution in [-0.2, 0) is 11.2 Å². The van der Waals surface area contributed by atoms with Crippen LogP contribution >= 0.6 is 11.3 Å². The largest absolute Gasteiger partial charge is 0.496 e. The van der Waals surface area contributed by atoms with Gasteiger partial charge in [-0.15, -0.1) is 16.4 Å². The average molecular weight is 437 g/mol. The molecule has 0 bridgehead atoms. The van der Waals surface area contributed by atoms with Crippen LogP contribution in [-0.4, -0.2) is 34.2 Å². The number of thiazole rings is 1. The molecule has 0 unspecified atom stereocenters. The smallest absolute Gasteiger partial charge is 0.250 e. The van der Waals surface area contributed by atoms with E-state index in [-0.39, 0.29) is 5.91 Å². The molecule has 0 radical (unpaired) electrons. The van der Waals surface area contributed by atoms with Gasteiger partial charge < -0.3 is 9.47 Å². The van der Waals surface area contributed by atoms with Crippen LogP contribution in [0.1, 0.15) is 25.3 Å². The maximum atomic E-state index is 12.3. The fraction of sp³-hybridized carbons (Fsp3) is 0.261. The molecular formula is C23H24N4O3S. The second-order valence-electron chi connectivity index (χ2n) is 6.95. The molecule has 0 saturated carbocycles. The Morgan fingerprint density at radius 1 is 1.16 bits per heavy atom. The number of hydrogen-bond donors (Lipinski definition) is 1. The van der Waals surface area contributed by atoms with Crippen LogP contribution in [0.15, 0.2) is 53.9 Å². The van der Waals surface area contributed by atoms with Gasteiger partial charge >= 0.3 is 0 Å². The maximum Gasteiger partial charge on any atom is 0.250 e. The van der Waals surface area contributed by atoms with E-state index in [2.05, 4.69) is 34.5 Å². The van der Waals surface area contributed by atoms with Crippen molar-refractivity contribution in [2.75, 3.05) is 19.0 Å². The third-order valence-electron chi connectivity index (χ3n) is 4.86. The highest BCUT2D eigenvalue weighted by Gasteiger charge is 2.15. The molecule has 0 spiro atoms. The van der Waals surface area contributed by atoms with Crippen molar-refractivity contribution in [2.45, 2.75) is 26.2 Å². The van der Waals surface area contributed by atoms with Crippen molar-refractivity contribution in [3.05, 3.63) is 59.5 Å². The fourth-order valence-corrected chi connectivity index (χ4v) is 4.03. The summed E-state index contributed by atoms with van der Waals surface area (Å²) in [6.45, 7) is 2.59. The number of benzene rings is 2. The van der Waals surface area contributed by atoms with Crippen molar-refractivity contribution >= 4 is 28.2 Å². The highest BCUT2D eigenvalue weighted by Crippen LogP contribution is 2.32. The quantitative estimate of drug-likeness (QED) is 0.380. The van der Waals surface area contributed by atoms with Gasteiger partial charge in [0.15, 0.2) is 0 Å². The number of aromatic nitrogens is 3. The first-order valence-electron chi connectivity index (χ1n) is 10.2. The number of hydrogen-bond acceptors (Lipinski definition) is 6. The van der Waals surface area contributed by atoms with Gasteiger partial charge in [0.25, 0.3) is 0 Å². The first-order chi connectivity index (χ1) is 15.2. The normalized spacial score (nSPS) is 10.9. The van der Waals surface area contributed by atoms with Gasteiger partial charge in [-0.25, -0.2) is 4.52 Å². The van der Waals surface area contributed by atoms with Crippen molar-refractivity contribution in [1.82, 2.24) is 14.6 Å². The average Bonchev–Trinajstić information content (AvgIpc) is 3.37. The third kappa shape index (κ3) is 4.86. The van der Waals surface area contributed by atoms with Crippen molar-refractivity contribution < 1.29 is 14.3 Å². The van der Waals surface area contributed by atoms with Gasteiger partial charge in [0.1, 0.15) is 11.5 Å². The second-order valence-corrected chi connectivity index (χ2v) is 7.79. The molecule has 2 heterocycles. The number of methoxy groups -OCH3 is 1. The highest BCUT2D eigenvalue weighted by molar-refractivity contribution is 7.15. The topological polar surface area (TPSA) is 77.8 Å². The molecule has 1 N–H and O–H groups in total. The van der Waals surface area contributed by atoms with Crippen LogP contribution in [0.4, 0.5) is 5.95 Å². The summed E-state index contributed by atoms with van der Waals surface area (Å²) >= 11 is 1.46. The Balaban J connectivity index is 1.33. The molecule has 0 fully saturated rings. The summed E-state index contributed by atoms with van der Waals surface area (Å²) in [7, 11) is 1.64. The maximum absolute atomic E-state index is 12.3. The number of para-hydroxylation sites is 1. The third-order valence-corrected chi connectivity index (χ3v) is 5.68. The SMILES string of the molecule is CCc1ccc(OCCCC(=O)Nc2nc3scc(-c4ccccc4OC)n3n2)cc1. The Morgan fingerprint density at radius 2 is 1.97 bits per heavy atom. The van der Waals surface area contributed by atoms with Crippen molar-refractivity contribution in [3.8, 4) is 22.8 Å². The predicted octanol–water partition coefficient (Wildman–Crippen LogP) is 4.83. The molecule has 1 amide bonds. The summed E-state index contributed by atoms with van der Waals surface area (Å²) < 4.78 is 12.9. The monoisotopic (exact) mass is 436 g/mol. The fourth-order valence-electron chi connectivity index (χ4n) is 3.21. The number of carbonyl (C=O) groups is 1. The number of rotatable bonds is 9. The Hall–Kier alpha value is -3.39. The minimum absolute atomic E-state index is 0.137. The summed E-state index contributed by atoms with van der Waals surface area (Å²) in [6, 6.07) is 15.8. The second kappa shape index (κ2) is 9.61. The molecule has 2 aromatic heterocycles. The first-order valence-corrected chi connectivity index (χ1v) is 11.0. The molecule has 0 saturated heterocycles. The van der Waals surface area contributed by atoms with Gasteiger partial charge in [-0.1, -0.05) is 31.2 Å². The Morgan fingerprint density at radius 3 is 2.74 bits per heavy atom. The number of carbonyl (C=O) groups excluding carboxylic acids is 1. The van der Waals surface area contributed by atoms with Crippen molar-refractivity contribution in [3.63, 3.8) is 0 Å². The zero-order valence-corrected chi connectivity index (χ0v) is 18.3. The molecule has 0 aliphatic rings. The van der Waals surface area contributed by atoms with Gasteiger partial charge in [0.2, 0.25) is 16.8 Å². The van der Waals surface area contributed by atoms with E-state index in [1.54, 1.807) is 11.6 Å². The first kappa shape index (κ1) is 20.9. The number of fused-ring (bicyclic) bond motifs is 1. The summed E-state index contributed by atoms with van der Waals surface area (Å²) in [5.41, 5.74) is 3.06. The van der Waals surface area contributed by atoms with Crippen molar-refractivity contribution in [2.24, 2.45) is 0 Å². The predicted molar refractivity (Wildman–Crippen MR) is 122 cm³/mol. The Kier molecular flexibility index (Phi) is 6.47. The summed E-state index contributed by atoms with van der Waals surface area (Å²) in [4.78, 5) is 17.4. The van der Waals surface area contributed by atoms with Crippen LogP contribution < -0.4 is 14.8 Å². The van der Waals surface area contributed by atoms with Crippen LogP contribution in [0.2, 0.25) is 0 Å². The molecule has 0 atom stereocenters. The van der Waals surface area contributed by atoms with Gasteiger partial charge in [-0.2, -0.15) is 4.98 Å². The van der Waals surface area contributed by atoms with Crippen LogP contribution in [0.3, 0.4) is 0 Å². The molecule has 7 nitrogen and oxygen atoms in total. The zero-order chi connectivity index (χ0) is 21.6. The molecule has 0 aliphatic heterocycles. The Bertz CT molecular complexity index is 1170. The van der Waals surface area contributed by atoms with Gasteiger partial charge in [-0.05, 0) is 42.7 Å². The summed E-state index contributed by atoms with van der Waals surface area (Å²) in [5.74, 6) is 1.73. The lowest BCUT2D eigenvalue weighted by atomic mass is 10.1. The summed E-state index contributed by atoms with van der Waals surface area (Å²) in [6.07, 6.45) is 1.94. The molecule has 160 valence electrons.